The van der Waals surface area contributed by atoms with Crippen molar-refractivity contribution in [2.75, 3.05) is 12.3 Å². The lowest BCUT2D eigenvalue weighted by Gasteiger charge is -2.05. The fourth-order valence-electron chi connectivity index (χ4n) is 1.57. The van der Waals surface area contributed by atoms with Gasteiger partial charge in [0.1, 0.15) is 0 Å². The molecule has 0 aliphatic heterocycles. The Bertz CT molecular complexity index is 497. The van der Waals surface area contributed by atoms with E-state index in [-0.39, 0.29) is 18.1 Å². The van der Waals surface area contributed by atoms with Crippen LogP contribution in [0.2, 0.25) is 0 Å². The zero-order valence-corrected chi connectivity index (χ0v) is 12.2. The van der Waals surface area contributed by atoms with Crippen molar-refractivity contribution in [3.05, 3.63) is 29.8 Å². The molecule has 0 unspecified atom stereocenters. The van der Waals surface area contributed by atoms with E-state index in [2.05, 4.69) is 5.32 Å². The molecule has 0 aromatic heterocycles. The summed E-state index contributed by atoms with van der Waals surface area (Å²) in [4.78, 5) is 22.3. The maximum Gasteiger partial charge on any atom is 0.303 e. The van der Waals surface area contributed by atoms with Gasteiger partial charge >= 0.3 is 5.97 Å². The molecule has 116 valence electrons. The van der Waals surface area contributed by atoms with E-state index >= 15 is 0 Å². The maximum atomic E-state index is 13.0. The van der Waals surface area contributed by atoms with Crippen molar-refractivity contribution in [2.24, 2.45) is 0 Å². The van der Waals surface area contributed by atoms with Gasteiger partial charge in [0, 0.05) is 17.9 Å². The average Bonchev–Trinajstić information content (AvgIpc) is 2.43. The van der Waals surface area contributed by atoms with E-state index in [4.69, 9.17) is 5.11 Å². The number of rotatable bonds is 9. The summed E-state index contributed by atoms with van der Waals surface area (Å²) in [7, 11) is 0. The molecule has 1 rings (SSSR count). The lowest BCUT2D eigenvalue weighted by Crippen LogP contribution is -2.26. The molecule has 0 bridgehead atoms. The molecule has 2 N–H and O–H groups in total. The van der Waals surface area contributed by atoms with Crippen LogP contribution >= 0.6 is 11.8 Å². The van der Waals surface area contributed by atoms with Crippen LogP contribution < -0.4 is 5.32 Å². The predicted octanol–water partition coefficient (Wildman–Crippen LogP) is 2.82. The Morgan fingerprint density at radius 1 is 1.14 bits per heavy atom. The molecule has 0 atom stereocenters. The first-order valence-electron chi connectivity index (χ1n) is 6.55. The molecule has 1 aromatic rings. The summed E-state index contributed by atoms with van der Waals surface area (Å²) >= 11 is 1.13. The molecule has 0 spiro atoms. The van der Waals surface area contributed by atoms with E-state index in [0.29, 0.717) is 17.9 Å². The highest BCUT2D eigenvalue weighted by molar-refractivity contribution is 8.00. The van der Waals surface area contributed by atoms with Gasteiger partial charge in [-0.1, -0.05) is 6.42 Å². The van der Waals surface area contributed by atoms with Crippen LogP contribution in [0.25, 0.3) is 0 Å². The fourth-order valence-corrected chi connectivity index (χ4v) is 2.32. The number of amides is 1. The summed E-state index contributed by atoms with van der Waals surface area (Å²) in [6, 6.07) is 3.50. The summed E-state index contributed by atoms with van der Waals surface area (Å²) in [5.74, 6) is -2.73. The molecule has 7 heteroatoms. The number of aliphatic carboxylic acids is 1. The van der Waals surface area contributed by atoms with Crippen LogP contribution in [0.4, 0.5) is 8.78 Å². The minimum Gasteiger partial charge on any atom is -0.481 e. The first kappa shape index (κ1) is 17.4. The minimum atomic E-state index is -0.932. The third-order valence-electron chi connectivity index (χ3n) is 2.65. The summed E-state index contributed by atoms with van der Waals surface area (Å²) in [5.41, 5.74) is 0. The van der Waals surface area contributed by atoms with Crippen molar-refractivity contribution >= 4 is 23.6 Å². The Kier molecular flexibility index (Phi) is 7.74. The Balaban J connectivity index is 2.13. The summed E-state index contributed by atoms with van der Waals surface area (Å²) in [6.45, 7) is 0.483. The van der Waals surface area contributed by atoms with Gasteiger partial charge in [-0.05, 0) is 31.0 Å². The fraction of sp³-hybridized carbons (Fsp3) is 0.429. The molecule has 0 radical (unpaired) electrons. The van der Waals surface area contributed by atoms with Gasteiger partial charge in [0.15, 0.2) is 11.6 Å². The second kappa shape index (κ2) is 9.33. The standard InChI is InChI=1S/C14H17F2NO3S/c15-11-6-5-10(8-12(11)16)21-9-13(18)17-7-3-1-2-4-14(19)20/h5-6,8H,1-4,7,9H2,(H,17,18)(H,19,20). The van der Waals surface area contributed by atoms with Crippen LogP contribution in [-0.4, -0.2) is 29.3 Å². The smallest absolute Gasteiger partial charge is 0.303 e. The number of benzene rings is 1. The SMILES string of the molecule is O=C(O)CCCCCNC(=O)CSc1ccc(F)c(F)c1. The number of unbranched alkanes of at least 4 members (excludes halogenated alkanes) is 2. The van der Waals surface area contributed by atoms with Crippen molar-refractivity contribution in [1.82, 2.24) is 5.32 Å². The van der Waals surface area contributed by atoms with Crippen molar-refractivity contribution in [2.45, 2.75) is 30.6 Å². The molecular formula is C14H17F2NO3S. The van der Waals surface area contributed by atoms with Crippen molar-refractivity contribution < 1.29 is 23.5 Å². The van der Waals surface area contributed by atoms with Gasteiger partial charge in [0.05, 0.1) is 5.75 Å². The van der Waals surface area contributed by atoms with Crippen molar-refractivity contribution in [3.63, 3.8) is 0 Å². The molecule has 1 aromatic carbocycles. The number of carbonyl (C=O) groups is 2. The van der Waals surface area contributed by atoms with Gasteiger partial charge in [-0.15, -0.1) is 11.8 Å². The summed E-state index contributed by atoms with van der Waals surface area (Å²) in [6.07, 6.45) is 2.19. The van der Waals surface area contributed by atoms with E-state index in [1.54, 1.807) is 0 Å². The van der Waals surface area contributed by atoms with Gasteiger partial charge in [0.2, 0.25) is 5.91 Å². The molecule has 0 aliphatic rings. The monoisotopic (exact) mass is 317 g/mol. The van der Waals surface area contributed by atoms with Crippen LogP contribution in [-0.2, 0) is 9.59 Å². The van der Waals surface area contributed by atoms with Gasteiger partial charge in [-0.2, -0.15) is 0 Å². The number of halogens is 2. The highest BCUT2D eigenvalue weighted by Gasteiger charge is 2.06. The second-order valence-corrected chi connectivity index (χ2v) is 5.47. The predicted molar refractivity (Wildman–Crippen MR) is 76.2 cm³/mol. The van der Waals surface area contributed by atoms with Gasteiger partial charge in [0.25, 0.3) is 0 Å². The molecule has 0 heterocycles. The molecule has 0 saturated heterocycles. The zero-order valence-electron chi connectivity index (χ0n) is 11.4. The Labute approximate surface area is 125 Å². The number of thioether (sulfide) groups is 1. The van der Waals surface area contributed by atoms with Crippen LogP contribution in [0.15, 0.2) is 23.1 Å². The number of carboxylic acids is 1. The summed E-state index contributed by atoms with van der Waals surface area (Å²) in [5, 5.41) is 11.1. The first-order chi connectivity index (χ1) is 9.99. The third kappa shape index (κ3) is 7.65. The molecule has 1 amide bonds. The van der Waals surface area contributed by atoms with E-state index in [1.807, 2.05) is 0 Å². The first-order valence-corrected chi connectivity index (χ1v) is 7.54. The van der Waals surface area contributed by atoms with Crippen LogP contribution in [0.1, 0.15) is 25.7 Å². The second-order valence-electron chi connectivity index (χ2n) is 4.42. The molecule has 0 saturated carbocycles. The zero-order chi connectivity index (χ0) is 15.7. The molecule has 21 heavy (non-hydrogen) atoms. The highest BCUT2D eigenvalue weighted by Crippen LogP contribution is 2.19. The van der Waals surface area contributed by atoms with E-state index in [1.165, 1.54) is 6.07 Å². The Hall–Kier alpha value is -1.63. The normalized spacial score (nSPS) is 10.4. The molecule has 4 nitrogen and oxygen atoms in total. The van der Waals surface area contributed by atoms with E-state index in [0.717, 1.165) is 36.7 Å². The van der Waals surface area contributed by atoms with Gasteiger partial charge in [-0.3, -0.25) is 9.59 Å². The number of carbonyl (C=O) groups excluding carboxylic acids is 1. The van der Waals surface area contributed by atoms with E-state index in [9.17, 15) is 18.4 Å². The highest BCUT2D eigenvalue weighted by atomic mass is 32.2. The van der Waals surface area contributed by atoms with Crippen LogP contribution in [0.3, 0.4) is 0 Å². The van der Waals surface area contributed by atoms with Gasteiger partial charge in [-0.25, -0.2) is 8.78 Å². The number of nitrogens with one attached hydrogen (secondary N) is 1. The number of carboxylic acid groups (broad SMARTS) is 1. The largest absolute Gasteiger partial charge is 0.481 e. The quantitative estimate of drug-likeness (QED) is 0.543. The Morgan fingerprint density at radius 3 is 2.57 bits per heavy atom. The van der Waals surface area contributed by atoms with Crippen molar-refractivity contribution in [3.8, 4) is 0 Å². The third-order valence-corrected chi connectivity index (χ3v) is 3.64. The number of hydrogen-bond acceptors (Lipinski definition) is 3. The average molecular weight is 317 g/mol. The maximum absolute atomic E-state index is 13.0. The number of hydrogen-bond donors (Lipinski definition) is 2. The topological polar surface area (TPSA) is 66.4 Å². The summed E-state index contributed by atoms with van der Waals surface area (Å²) < 4.78 is 25.7. The lowest BCUT2D eigenvalue weighted by molar-refractivity contribution is -0.137. The minimum absolute atomic E-state index is 0.125. The van der Waals surface area contributed by atoms with Crippen LogP contribution in [0.5, 0.6) is 0 Å². The molecular weight excluding hydrogens is 300 g/mol. The van der Waals surface area contributed by atoms with Crippen molar-refractivity contribution in [1.29, 1.82) is 0 Å². The van der Waals surface area contributed by atoms with E-state index < -0.39 is 17.6 Å². The van der Waals surface area contributed by atoms with Gasteiger partial charge < -0.3 is 10.4 Å². The lowest BCUT2D eigenvalue weighted by atomic mass is 10.2. The Morgan fingerprint density at radius 2 is 1.90 bits per heavy atom. The molecule has 0 aliphatic carbocycles. The van der Waals surface area contributed by atoms with Crippen LogP contribution in [0, 0.1) is 11.6 Å². The molecule has 0 fully saturated rings.